The van der Waals surface area contributed by atoms with Crippen LogP contribution < -0.4 is 10.1 Å². The summed E-state index contributed by atoms with van der Waals surface area (Å²) in [6, 6.07) is 13.2. The van der Waals surface area contributed by atoms with Crippen LogP contribution in [0.2, 0.25) is 0 Å². The first-order chi connectivity index (χ1) is 13.3. The summed E-state index contributed by atoms with van der Waals surface area (Å²) in [5.41, 5.74) is 1.41. The lowest BCUT2D eigenvalue weighted by molar-refractivity contribution is 0.217. The van der Waals surface area contributed by atoms with Crippen molar-refractivity contribution in [2.75, 3.05) is 32.6 Å². The van der Waals surface area contributed by atoms with Gasteiger partial charge in [0.25, 0.3) is 0 Å². The average molecular weight is 406 g/mol. The predicted molar refractivity (Wildman–Crippen MR) is 110 cm³/mol. The summed E-state index contributed by atoms with van der Waals surface area (Å²) in [6.45, 7) is 5.25. The van der Waals surface area contributed by atoms with Crippen LogP contribution >= 0.6 is 0 Å². The Hall–Kier alpha value is -2.58. The minimum Gasteiger partial charge on any atom is -0.497 e. The van der Waals surface area contributed by atoms with Crippen LogP contribution in [0.1, 0.15) is 19.4 Å². The third-order valence-corrected chi connectivity index (χ3v) is 6.25. The van der Waals surface area contributed by atoms with Crippen LogP contribution in [0.5, 0.6) is 5.75 Å². The largest absolute Gasteiger partial charge is 0.497 e. The van der Waals surface area contributed by atoms with E-state index in [1.54, 1.807) is 36.3 Å². The van der Waals surface area contributed by atoms with Gasteiger partial charge in [-0.2, -0.15) is 4.31 Å². The van der Waals surface area contributed by atoms with Crippen LogP contribution in [0.4, 0.5) is 10.5 Å². The third kappa shape index (κ3) is 5.24. The number of rotatable bonds is 8. The number of sulfonamides is 1. The highest BCUT2D eigenvalue weighted by Crippen LogP contribution is 2.20. The van der Waals surface area contributed by atoms with Crippen molar-refractivity contribution in [3.05, 3.63) is 54.1 Å². The van der Waals surface area contributed by atoms with E-state index >= 15 is 0 Å². The van der Waals surface area contributed by atoms with Crippen molar-refractivity contribution < 1.29 is 17.9 Å². The number of methoxy groups -OCH3 is 1. The second-order valence-corrected chi connectivity index (χ2v) is 8.28. The first-order valence-electron chi connectivity index (χ1n) is 9.07. The van der Waals surface area contributed by atoms with Crippen molar-refractivity contribution >= 4 is 21.7 Å². The Bertz CT molecular complexity index is 877. The van der Waals surface area contributed by atoms with E-state index in [2.05, 4.69) is 5.32 Å². The number of carbonyl (C=O) groups is 1. The first kappa shape index (κ1) is 21.7. The molecular formula is C20H27N3O4S. The molecule has 0 atom stereocenters. The molecule has 0 radical (unpaired) electrons. The Balaban J connectivity index is 2.08. The molecule has 8 heteroatoms. The van der Waals surface area contributed by atoms with Crippen molar-refractivity contribution in [1.29, 1.82) is 0 Å². The normalized spacial score (nSPS) is 11.3. The molecule has 0 aliphatic carbocycles. The number of ether oxygens (including phenoxy) is 1. The van der Waals surface area contributed by atoms with Crippen molar-refractivity contribution in [3.63, 3.8) is 0 Å². The summed E-state index contributed by atoms with van der Waals surface area (Å²) in [7, 11) is -0.524. The Labute approximate surface area is 167 Å². The lowest BCUT2D eigenvalue weighted by atomic mass is 10.2. The zero-order valence-corrected chi connectivity index (χ0v) is 17.5. The minimum absolute atomic E-state index is 0.171. The predicted octanol–water partition coefficient (Wildman–Crippen LogP) is 3.39. The minimum atomic E-state index is -3.64. The van der Waals surface area contributed by atoms with Crippen LogP contribution in [-0.2, 0) is 16.6 Å². The highest BCUT2D eigenvalue weighted by molar-refractivity contribution is 7.89. The lowest BCUT2D eigenvalue weighted by Gasteiger charge is -2.20. The monoisotopic (exact) mass is 405 g/mol. The zero-order valence-electron chi connectivity index (χ0n) is 16.7. The zero-order chi connectivity index (χ0) is 20.7. The van der Waals surface area contributed by atoms with Gasteiger partial charge in [0.1, 0.15) is 5.75 Å². The molecule has 2 aromatic carbocycles. The fraction of sp³-hybridized carbons (Fsp3) is 0.350. The van der Waals surface area contributed by atoms with Crippen LogP contribution in [0.3, 0.4) is 0 Å². The van der Waals surface area contributed by atoms with Gasteiger partial charge in [0.05, 0.1) is 12.0 Å². The summed E-state index contributed by atoms with van der Waals surface area (Å²) in [5.74, 6) is 0.719. The second kappa shape index (κ2) is 9.57. The van der Waals surface area contributed by atoms with Gasteiger partial charge in [0, 0.05) is 32.4 Å². The molecule has 0 aliphatic rings. The van der Waals surface area contributed by atoms with Crippen LogP contribution in [0.25, 0.3) is 0 Å². The standard InChI is InChI=1S/C20H27N3O4S/c1-5-23(6-2)20(24)21-17-9-13-19(14-10-17)28(25,26)22(3)15-16-7-11-18(27-4)12-8-16/h7-14H,5-6,15H2,1-4H3,(H,21,24). The van der Waals surface area contributed by atoms with Crippen molar-refractivity contribution in [2.24, 2.45) is 0 Å². The van der Waals surface area contributed by atoms with E-state index in [9.17, 15) is 13.2 Å². The van der Waals surface area contributed by atoms with Gasteiger partial charge in [-0.05, 0) is 55.8 Å². The summed E-state index contributed by atoms with van der Waals surface area (Å²) < 4.78 is 32.0. The van der Waals surface area contributed by atoms with Crippen LogP contribution in [-0.4, -0.2) is 50.9 Å². The number of hydrogen-bond donors (Lipinski definition) is 1. The summed E-state index contributed by atoms with van der Waals surface area (Å²) >= 11 is 0. The molecule has 0 saturated carbocycles. The van der Waals surface area contributed by atoms with E-state index in [0.717, 1.165) is 11.3 Å². The molecule has 0 bridgehead atoms. The fourth-order valence-corrected chi connectivity index (χ4v) is 3.84. The van der Waals surface area contributed by atoms with Crippen LogP contribution in [0.15, 0.2) is 53.4 Å². The molecule has 1 N–H and O–H groups in total. The maximum Gasteiger partial charge on any atom is 0.321 e. The Morgan fingerprint density at radius 1 is 1.00 bits per heavy atom. The molecule has 7 nitrogen and oxygen atoms in total. The van der Waals surface area contributed by atoms with Gasteiger partial charge in [0.2, 0.25) is 10.0 Å². The van der Waals surface area contributed by atoms with Gasteiger partial charge in [0.15, 0.2) is 0 Å². The smallest absolute Gasteiger partial charge is 0.321 e. The van der Waals surface area contributed by atoms with E-state index in [1.807, 2.05) is 26.0 Å². The van der Waals surface area contributed by atoms with Gasteiger partial charge in [-0.15, -0.1) is 0 Å². The quantitative estimate of drug-likeness (QED) is 0.730. The molecule has 0 aromatic heterocycles. The maximum atomic E-state index is 12.8. The van der Waals surface area contributed by atoms with Crippen molar-refractivity contribution in [3.8, 4) is 5.75 Å². The van der Waals surface area contributed by atoms with Gasteiger partial charge in [-0.25, -0.2) is 13.2 Å². The van der Waals surface area contributed by atoms with E-state index in [4.69, 9.17) is 4.74 Å². The number of benzene rings is 2. The SMILES string of the molecule is CCN(CC)C(=O)Nc1ccc(S(=O)(=O)N(C)Cc2ccc(OC)cc2)cc1. The number of urea groups is 1. The number of carbonyl (C=O) groups excluding carboxylic acids is 1. The maximum absolute atomic E-state index is 12.8. The molecule has 0 spiro atoms. The van der Waals surface area contributed by atoms with Crippen LogP contribution in [0, 0.1) is 0 Å². The van der Waals surface area contributed by atoms with Crippen molar-refractivity contribution in [2.45, 2.75) is 25.3 Å². The summed E-state index contributed by atoms with van der Waals surface area (Å²) in [5, 5.41) is 2.77. The molecule has 0 heterocycles. The second-order valence-electron chi connectivity index (χ2n) is 6.24. The van der Waals surface area contributed by atoms with Crippen molar-refractivity contribution in [1.82, 2.24) is 9.21 Å². The van der Waals surface area contributed by atoms with Gasteiger partial charge < -0.3 is 15.0 Å². The van der Waals surface area contributed by atoms with E-state index < -0.39 is 10.0 Å². The van der Waals surface area contributed by atoms with Gasteiger partial charge in [-0.3, -0.25) is 0 Å². The average Bonchev–Trinajstić information content (AvgIpc) is 2.70. The lowest BCUT2D eigenvalue weighted by Crippen LogP contribution is -2.34. The highest BCUT2D eigenvalue weighted by atomic mass is 32.2. The topological polar surface area (TPSA) is 79.0 Å². The molecule has 0 aliphatic heterocycles. The molecule has 2 rings (SSSR count). The number of anilines is 1. The van der Waals surface area contributed by atoms with E-state index in [0.29, 0.717) is 18.8 Å². The Morgan fingerprint density at radius 3 is 2.07 bits per heavy atom. The molecule has 2 aromatic rings. The fourth-order valence-electron chi connectivity index (χ4n) is 2.68. The molecule has 0 unspecified atom stereocenters. The first-order valence-corrected chi connectivity index (χ1v) is 10.5. The summed E-state index contributed by atoms with van der Waals surface area (Å²) in [4.78, 5) is 13.9. The third-order valence-electron chi connectivity index (χ3n) is 4.43. The number of nitrogens with one attached hydrogen (secondary N) is 1. The highest BCUT2D eigenvalue weighted by Gasteiger charge is 2.21. The van der Waals surface area contributed by atoms with E-state index in [1.165, 1.54) is 23.5 Å². The molecule has 0 saturated heterocycles. The summed E-state index contributed by atoms with van der Waals surface area (Å²) in [6.07, 6.45) is 0. The molecule has 2 amide bonds. The molecule has 28 heavy (non-hydrogen) atoms. The number of hydrogen-bond acceptors (Lipinski definition) is 4. The Morgan fingerprint density at radius 2 is 1.57 bits per heavy atom. The molecule has 0 fully saturated rings. The molecular weight excluding hydrogens is 378 g/mol. The number of nitrogens with zero attached hydrogens (tertiary/aromatic N) is 2. The van der Waals surface area contributed by atoms with E-state index in [-0.39, 0.29) is 17.5 Å². The Kier molecular flexibility index (Phi) is 7.42. The molecule has 152 valence electrons. The number of amides is 2. The van der Waals surface area contributed by atoms with Gasteiger partial charge in [-0.1, -0.05) is 12.1 Å². The van der Waals surface area contributed by atoms with Gasteiger partial charge >= 0.3 is 6.03 Å².